The predicted molar refractivity (Wildman–Crippen MR) is 102 cm³/mol. The third kappa shape index (κ3) is 4.43. The molecule has 0 radical (unpaired) electrons. The van der Waals surface area contributed by atoms with Gasteiger partial charge in [-0.25, -0.2) is 4.79 Å². The Bertz CT molecular complexity index is 730. The lowest BCUT2D eigenvalue weighted by Crippen LogP contribution is -2.55. The van der Waals surface area contributed by atoms with Crippen LogP contribution in [-0.4, -0.2) is 52.6 Å². The maximum atomic E-state index is 12.8. The number of carbonyl (C=O) groups excluding carboxylic acids is 2. The summed E-state index contributed by atoms with van der Waals surface area (Å²) in [5.74, 6) is 0.731. The Labute approximate surface area is 160 Å². The van der Waals surface area contributed by atoms with Gasteiger partial charge in [0.2, 0.25) is 5.91 Å². The molecule has 2 aliphatic heterocycles. The van der Waals surface area contributed by atoms with Gasteiger partial charge in [0.15, 0.2) is 0 Å². The summed E-state index contributed by atoms with van der Waals surface area (Å²) in [5, 5.41) is 0. The summed E-state index contributed by atoms with van der Waals surface area (Å²) in [7, 11) is 0. The predicted octanol–water partition coefficient (Wildman–Crippen LogP) is 3.36. The summed E-state index contributed by atoms with van der Waals surface area (Å²) in [4.78, 5) is 28.2. The van der Waals surface area contributed by atoms with Gasteiger partial charge in [0.05, 0.1) is 13.1 Å². The van der Waals surface area contributed by atoms with E-state index in [9.17, 15) is 9.59 Å². The van der Waals surface area contributed by atoms with Gasteiger partial charge in [-0.3, -0.25) is 9.69 Å². The van der Waals surface area contributed by atoms with Crippen molar-refractivity contribution in [1.82, 2.24) is 9.80 Å². The van der Waals surface area contributed by atoms with Gasteiger partial charge in [-0.1, -0.05) is 24.8 Å². The molecule has 1 saturated heterocycles. The zero-order valence-corrected chi connectivity index (χ0v) is 16.4. The molecule has 1 spiro atoms. The minimum absolute atomic E-state index is 0.0668. The van der Waals surface area contributed by atoms with E-state index in [2.05, 4.69) is 6.58 Å². The van der Waals surface area contributed by atoms with Gasteiger partial charge >= 0.3 is 6.09 Å². The number of ether oxygens (including phenoxy) is 2. The molecule has 1 aromatic carbocycles. The molecule has 146 valence electrons. The van der Waals surface area contributed by atoms with Gasteiger partial charge in [0.1, 0.15) is 17.0 Å². The van der Waals surface area contributed by atoms with E-state index in [1.165, 1.54) is 6.08 Å². The molecule has 2 amide bonds. The average molecular weight is 372 g/mol. The van der Waals surface area contributed by atoms with Crippen molar-refractivity contribution in [2.75, 3.05) is 19.6 Å². The lowest BCUT2D eigenvalue weighted by molar-refractivity contribution is -0.129. The molecule has 0 aliphatic carbocycles. The highest BCUT2D eigenvalue weighted by molar-refractivity contribution is 5.87. The Kier molecular flexibility index (Phi) is 5.18. The highest BCUT2D eigenvalue weighted by Gasteiger charge is 2.43. The number of nitrogens with zero attached hydrogens (tertiary/aromatic N) is 2. The first kappa shape index (κ1) is 19.3. The Balaban J connectivity index is 1.85. The van der Waals surface area contributed by atoms with Crippen molar-refractivity contribution >= 4 is 12.0 Å². The highest BCUT2D eigenvalue weighted by atomic mass is 16.6. The summed E-state index contributed by atoms with van der Waals surface area (Å²) in [6.45, 7) is 11.2. The van der Waals surface area contributed by atoms with Crippen LogP contribution in [0.15, 0.2) is 36.9 Å². The van der Waals surface area contributed by atoms with Crippen LogP contribution in [0.25, 0.3) is 0 Å². The Hall–Kier alpha value is -2.50. The first-order valence-electron chi connectivity index (χ1n) is 9.38. The average Bonchev–Trinajstić information content (AvgIpc) is 2.77. The molecular formula is C21H28N2O4. The van der Waals surface area contributed by atoms with Crippen molar-refractivity contribution in [3.05, 3.63) is 42.5 Å². The van der Waals surface area contributed by atoms with Crippen molar-refractivity contribution in [2.45, 2.75) is 51.4 Å². The molecule has 0 atom stereocenters. The SMILES string of the molecule is C=CC(=O)N1CCC2(CC1)CN(C(=O)OC(C)(C)C)Cc1ccccc1O2. The maximum Gasteiger partial charge on any atom is 0.410 e. The van der Waals surface area contributed by atoms with E-state index in [1.54, 1.807) is 9.80 Å². The van der Waals surface area contributed by atoms with Gasteiger partial charge in [-0.2, -0.15) is 0 Å². The fraction of sp³-hybridized carbons (Fsp3) is 0.524. The third-order valence-corrected chi connectivity index (χ3v) is 4.95. The Morgan fingerprint density at radius 1 is 1.19 bits per heavy atom. The summed E-state index contributed by atoms with van der Waals surface area (Å²) in [5.41, 5.74) is -0.122. The van der Waals surface area contributed by atoms with E-state index >= 15 is 0 Å². The molecule has 27 heavy (non-hydrogen) atoms. The third-order valence-electron chi connectivity index (χ3n) is 4.95. The number of carbonyl (C=O) groups is 2. The second kappa shape index (κ2) is 7.25. The van der Waals surface area contributed by atoms with Crippen LogP contribution in [-0.2, 0) is 16.1 Å². The number of para-hydroxylation sites is 1. The van der Waals surface area contributed by atoms with Crippen molar-refractivity contribution in [2.24, 2.45) is 0 Å². The van der Waals surface area contributed by atoms with E-state index in [-0.39, 0.29) is 12.0 Å². The van der Waals surface area contributed by atoms with Gasteiger partial charge in [-0.15, -0.1) is 0 Å². The van der Waals surface area contributed by atoms with Crippen LogP contribution < -0.4 is 4.74 Å². The Morgan fingerprint density at radius 3 is 2.48 bits per heavy atom. The van der Waals surface area contributed by atoms with E-state index in [4.69, 9.17) is 9.47 Å². The van der Waals surface area contributed by atoms with Crippen LogP contribution in [0.5, 0.6) is 5.75 Å². The molecule has 3 rings (SSSR count). The normalized spacial score (nSPS) is 18.9. The van der Waals surface area contributed by atoms with Gasteiger partial charge in [-0.05, 0) is 32.9 Å². The molecule has 0 bridgehead atoms. The summed E-state index contributed by atoms with van der Waals surface area (Å²) >= 11 is 0. The van der Waals surface area contributed by atoms with Crippen LogP contribution in [0.4, 0.5) is 4.79 Å². The molecule has 0 unspecified atom stereocenters. The van der Waals surface area contributed by atoms with Crippen LogP contribution >= 0.6 is 0 Å². The summed E-state index contributed by atoms with van der Waals surface area (Å²) < 4.78 is 12.1. The zero-order chi connectivity index (χ0) is 19.7. The Morgan fingerprint density at radius 2 is 1.85 bits per heavy atom. The number of benzene rings is 1. The van der Waals surface area contributed by atoms with Crippen molar-refractivity contribution in [3.8, 4) is 5.75 Å². The molecule has 0 N–H and O–H groups in total. The first-order valence-corrected chi connectivity index (χ1v) is 9.38. The monoisotopic (exact) mass is 372 g/mol. The standard InChI is InChI=1S/C21H28N2O4/c1-5-18(24)22-12-10-21(11-13-22)15-23(19(25)27-20(2,3)4)14-16-8-6-7-9-17(16)26-21/h5-9H,1,10-15H2,2-4H3. The fourth-order valence-corrected chi connectivity index (χ4v) is 3.59. The van der Waals surface area contributed by atoms with Gasteiger partial charge in [0, 0.05) is 31.5 Å². The molecule has 2 heterocycles. The van der Waals surface area contributed by atoms with Crippen molar-refractivity contribution < 1.29 is 19.1 Å². The number of hydrogen-bond acceptors (Lipinski definition) is 4. The quantitative estimate of drug-likeness (QED) is 0.709. The van der Waals surface area contributed by atoms with E-state index in [0.29, 0.717) is 39.0 Å². The van der Waals surface area contributed by atoms with Crippen LogP contribution in [0.2, 0.25) is 0 Å². The van der Waals surface area contributed by atoms with Gasteiger partial charge < -0.3 is 14.4 Å². The van der Waals surface area contributed by atoms with Crippen LogP contribution in [0.3, 0.4) is 0 Å². The molecular weight excluding hydrogens is 344 g/mol. The smallest absolute Gasteiger partial charge is 0.410 e. The van der Waals surface area contributed by atoms with E-state index in [1.807, 2.05) is 45.0 Å². The summed E-state index contributed by atoms with van der Waals surface area (Å²) in [6.07, 6.45) is 2.31. The second-order valence-electron chi connectivity index (χ2n) is 8.26. The second-order valence-corrected chi connectivity index (χ2v) is 8.26. The van der Waals surface area contributed by atoms with Crippen molar-refractivity contribution in [3.63, 3.8) is 0 Å². The van der Waals surface area contributed by atoms with Crippen molar-refractivity contribution in [1.29, 1.82) is 0 Å². The minimum atomic E-state index is -0.559. The van der Waals surface area contributed by atoms with Gasteiger partial charge in [0.25, 0.3) is 0 Å². The number of amides is 2. The lowest BCUT2D eigenvalue weighted by Gasteiger charge is -2.42. The molecule has 0 saturated carbocycles. The van der Waals surface area contributed by atoms with E-state index < -0.39 is 11.2 Å². The first-order chi connectivity index (χ1) is 12.7. The molecule has 6 nitrogen and oxygen atoms in total. The number of piperidine rings is 1. The van der Waals surface area contributed by atoms with Crippen LogP contribution in [0.1, 0.15) is 39.2 Å². The minimum Gasteiger partial charge on any atom is -0.485 e. The maximum absolute atomic E-state index is 12.8. The van der Waals surface area contributed by atoms with E-state index in [0.717, 1.165) is 11.3 Å². The number of hydrogen-bond donors (Lipinski definition) is 0. The summed E-state index contributed by atoms with van der Waals surface area (Å²) in [6, 6.07) is 7.80. The number of rotatable bonds is 1. The number of likely N-dealkylation sites (tertiary alicyclic amines) is 1. The largest absolute Gasteiger partial charge is 0.485 e. The molecule has 0 aromatic heterocycles. The molecule has 1 fully saturated rings. The lowest BCUT2D eigenvalue weighted by atomic mass is 9.90. The molecule has 1 aromatic rings. The fourth-order valence-electron chi connectivity index (χ4n) is 3.59. The zero-order valence-electron chi connectivity index (χ0n) is 16.4. The van der Waals surface area contributed by atoms with Crippen LogP contribution in [0, 0.1) is 0 Å². The number of fused-ring (bicyclic) bond motifs is 1. The highest BCUT2D eigenvalue weighted by Crippen LogP contribution is 2.36. The molecule has 6 heteroatoms. The topological polar surface area (TPSA) is 59.1 Å². The molecule has 2 aliphatic rings.